The fourth-order valence-electron chi connectivity index (χ4n) is 2.56. The maximum atomic E-state index is 12.3. The molecule has 0 radical (unpaired) electrons. The van der Waals surface area contributed by atoms with Crippen LogP contribution in [0.1, 0.15) is 54.4 Å². The molecule has 0 spiro atoms. The highest BCUT2D eigenvalue weighted by Crippen LogP contribution is 2.37. The SMILES string of the molecule is CC(C)(C)OC(=O)N1CC[C@H](CO[Si](C)(C)C(C)(C)C)C[C@H]1CO. The Balaban J connectivity index is 2.61. The van der Waals surface area contributed by atoms with Crippen molar-refractivity contribution in [2.75, 3.05) is 19.8 Å². The Labute approximate surface area is 148 Å². The van der Waals surface area contributed by atoms with Gasteiger partial charge < -0.3 is 19.2 Å². The van der Waals surface area contributed by atoms with E-state index < -0.39 is 13.9 Å². The van der Waals surface area contributed by atoms with Crippen molar-refractivity contribution in [2.24, 2.45) is 5.92 Å². The second-order valence-corrected chi connectivity index (χ2v) is 14.3. The highest BCUT2D eigenvalue weighted by Gasteiger charge is 2.39. The van der Waals surface area contributed by atoms with E-state index in [1.807, 2.05) is 20.8 Å². The molecule has 0 aromatic rings. The van der Waals surface area contributed by atoms with Gasteiger partial charge in [-0.15, -0.1) is 0 Å². The number of rotatable bonds is 4. The van der Waals surface area contributed by atoms with Gasteiger partial charge in [0.2, 0.25) is 0 Å². The van der Waals surface area contributed by atoms with Crippen molar-refractivity contribution in [1.29, 1.82) is 0 Å². The van der Waals surface area contributed by atoms with Gasteiger partial charge in [0.25, 0.3) is 0 Å². The lowest BCUT2D eigenvalue weighted by atomic mass is 9.92. The lowest BCUT2D eigenvalue weighted by molar-refractivity contribution is -0.00838. The van der Waals surface area contributed by atoms with Gasteiger partial charge >= 0.3 is 6.09 Å². The van der Waals surface area contributed by atoms with Gasteiger partial charge in [-0.2, -0.15) is 0 Å². The minimum absolute atomic E-state index is 0.0319. The minimum atomic E-state index is -1.76. The monoisotopic (exact) mass is 359 g/mol. The van der Waals surface area contributed by atoms with Gasteiger partial charge in [-0.25, -0.2) is 4.79 Å². The molecule has 5 nitrogen and oxygen atoms in total. The van der Waals surface area contributed by atoms with Gasteiger partial charge in [-0.1, -0.05) is 20.8 Å². The fraction of sp³-hybridized carbons (Fsp3) is 0.944. The van der Waals surface area contributed by atoms with Crippen LogP contribution in [0.15, 0.2) is 0 Å². The highest BCUT2D eigenvalue weighted by molar-refractivity contribution is 6.74. The van der Waals surface area contributed by atoms with E-state index in [-0.39, 0.29) is 23.8 Å². The molecular formula is C18H37NO4Si. The van der Waals surface area contributed by atoms with Gasteiger partial charge in [-0.05, 0) is 57.7 Å². The maximum absolute atomic E-state index is 12.3. The minimum Gasteiger partial charge on any atom is -0.444 e. The average molecular weight is 360 g/mol. The first-order valence-corrected chi connectivity index (χ1v) is 11.9. The van der Waals surface area contributed by atoms with Crippen molar-refractivity contribution in [3.05, 3.63) is 0 Å². The standard InChI is InChI=1S/C18H37NO4Si/c1-17(2,3)23-16(21)19-10-9-14(11-15(19)12-20)13-22-24(7,8)18(4,5)6/h14-15,20H,9-13H2,1-8H3/t14-,15-/m0/s1. The number of amides is 1. The van der Waals surface area contributed by atoms with Gasteiger partial charge in [-0.3, -0.25) is 0 Å². The van der Waals surface area contributed by atoms with Crippen LogP contribution < -0.4 is 0 Å². The van der Waals surface area contributed by atoms with E-state index in [0.29, 0.717) is 12.5 Å². The number of ether oxygens (including phenoxy) is 1. The number of hydrogen-bond acceptors (Lipinski definition) is 4. The average Bonchev–Trinajstić information content (AvgIpc) is 2.41. The topological polar surface area (TPSA) is 59.0 Å². The zero-order valence-electron chi connectivity index (χ0n) is 16.8. The summed E-state index contributed by atoms with van der Waals surface area (Å²) in [7, 11) is -1.76. The van der Waals surface area contributed by atoms with Crippen molar-refractivity contribution in [3.63, 3.8) is 0 Å². The first kappa shape index (κ1) is 21.4. The Morgan fingerprint density at radius 3 is 2.25 bits per heavy atom. The third-order valence-corrected chi connectivity index (χ3v) is 9.65. The molecule has 1 aliphatic heterocycles. The molecule has 1 rings (SSSR count). The normalized spacial score (nSPS) is 23.3. The van der Waals surface area contributed by atoms with Crippen molar-refractivity contribution < 1.29 is 19.1 Å². The molecule has 0 saturated carbocycles. The van der Waals surface area contributed by atoms with E-state index in [9.17, 15) is 9.90 Å². The molecule has 6 heteroatoms. The van der Waals surface area contributed by atoms with Crippen LogP contribution >= 0.6 is 0 Å². The first-order chi connectivity index (χ1) is 10.8. The van der Waals surface area contributed by atoms with Crippen molar-refractivity contribution in [1.82, 2.24) is 4.90 Å². The van der Waals surface area contributed by atoms with Crippen LogP contribution in [-0.2, 0) is 9.16 Å². The van der Waals surface area contributed by atoms with Crippen LogP contribution in [0.3, 0.4) is 0 Å². The van der Waals surface area contributed by atoms with Crippen LogP contribution in [0.4, 0.5) is 4.79 Å². The summed E-state index contributed by atoms with van der Waals surface area (Å²) in [4.78, 5) is 14.0. The predicted octanol–water partition coefficient (Wildman–Crippen LogP) is 4.02. The number of piperidine rings is 1. The molecule has 0 aromatic carbocycles. The zero-order chi connectivity index (χ0) is 18.8. The maximum Gasteiger partial charge on any atom is 0.410 e. The second kappa shape index (κ2) is 7.75. The molecule has 2 atom stereocenters. The van der Waals surface area contributed by atoms with Crippen molar-refractivity contribution in [3.8, 4) is 0 Å². The van der Waals surface area contributed by atoms with Crippen LogP contribution in [0.5, 0.6) is 0 Å². The number of aliphatic hydroxyl groups is 1. The lowest BCUT2D eigenvalue weighted by Crippen LogP contribution is -2.51. The molecule has 1 fully saturated rings. The third kappa shape index (κ3) is 6.04. The Morgan fingerprint density at radius 2 is 1.79 bits per heavy atom. The zero-order valence-corrected chi connectivity index (χ0v) is 17.8. The Hall–Kier alpha value is -0.593. The number of likely N-dealkylation sites (tertiary alicyclic amines) is 1. The Bertz CT molecular complexity index is 426. The van der Waals surface area contributed by atoms with E-state index >= 15 is 0 Å². The van der Waals surface area contributed by atoms with E-state index in [2.05, 4.69) is 33.9 Å². The summed E-state index contributed by atoms with van der Waals surface area (Å²) in [5, 5.41) is 9.90. The second-order valence-electron chi connectivity index (χ2n) is 9.47. The van der Waals surface area contributed by atoms with Crippen LogP contribution in [0.25, 0.3) is 0 Å². The van der Waals surface area contributed by atoms with Gasteiger partial charge in [0.15, 0.2) is 8.32 Å². The lowest BCUT2D eigenvalue weighted by Gasteiger charge is -2.41. The Morgan fingerprint density at radius 1 is 1.21 bits per heavy atom. The molecular weight excluding hydrogens is 322 g/mol. The quantitative estimate of drug-likeness (QED) is 0.770. The number of nitrogens with zero attached hydrogens (tertiary/aromatic N) is 1. The molecule has 24 heavy (non-hydrogen) atoms. The van der Waals surface area contributed by atoms with Gasteiger partial charge in [0.1, 0.15) is 5.60 Å². The molecule has 0 bridgehead atoms. The smallest absolute Gasteiger partial charge is 0.410 e. The van der Waals surface area contributed by atoms with E-state index in [0.717, 1.165) is 19.4 Å². The molecule has 1 amide bonds. The van der Waals surface area contributed by atoms with E-state index in [1.165, 1.54) is 0 Å². The van der Waals surface area contributed by atoms with Crippen molar-refractivity contribution in [2.45, 2.75) is 84.2 Å². The van der Waals surface area contributed by atoms with E-state index in [1.54, 1.807) is 4.90 Å². The number of aliphatic hydroxyl groups excluding tert-OH is 1. The summed E-state index contributed by atoms with van der Waals surface area (Å²) in [6.07, 6.45) is 1.33. The molecule has 1 N–H and O–H groups in total. The molecule has 0 aliphatic carbocycles. The number of hydrogen-bond donors (Lipinski definition) is 1. The molecule has 0 aromatic heterocycles. The number of carbonyl (C=O) groups excluding carboxylic acids is 1. The molecule has 0 unspecified atom stereocenters. The van der Waals surface area contributed by atoms with Crippen molar-refractivity contribution >= 4 is 14.4 Å². The molecule has 1 saturated heterocycles. The first-order valence-electron chi connectivity index (χ1n) is 9.01. The van der Waals surface area contributed by atoms with Gasteiger partial charge in [0.05, 0.1) is 12.6 Å². The summed E-state index contributed by atoms with van der Waals surface area (Å²) in [5.41, 5.74) is -0.515. The predicted molar refractivity (Wildman–Crippen MR) is 99.7 cm³/mol. The molecule has 1 aliphatic rings. The summed E-state index contributed by atoms with van der Waals surface area (Å²) in [6.45, 7) is 18.1. The fourth-order valence-corrected chi connectivity index (χ4v) is 3.65. The Kier molecular flexibility index (Phi) is 6.92. The van der Waals surface area contributed by atoms with Crippen LogP contribution in [0, 0.1) is 5.92 Å². The largest absolute Gasteiger partial charge is 0.444 e. The molecule has 1 heterocycles. The van der Waals surface area contributed by atoms with Gasteiger partial charge in [0, 0.05) is 13.2 Å². The highest BCUT2D eigenvalue weighted by atomic mass is 28.4. The third-order valence-electron chi connectivity index (χ3n) is 5.15. The van der Waals surface area contributed by atoms with Crippen LogP contribution in [0.2, 0.25) is 18.1 Å². The van der Waals surface area contributed by atoms with E-state index in [4.69, 9.17) is 9.16 Å². The summed E-state index contributed by atoms with van der Waals surface area (Å²) < 4.78 is 11.8. The summed E-state index contributed by atoms with van der Waals surface area (Å²) in [5.74, 6) is 0.384. The summed E-state index contributed by atoms with van der Waals surface area (Å²) >= 11 is 0. The summed E-state index contributed by atoms with van der Waals surface area (Å²) in [6, 6.07) is -0.179. The number of carbonyl (C=O) groups is 1. The van der Waals surface area contributed by atoms with Crippen LogP contribution in [-0.4, -0.2) is 55.8 Å². The molecule has 142 valence electrons.